The summed E-state index contributed by atoms with van der Waals surface area (Å²) in [5.41, 5.74) is 1.29. The van der Waals surface area contributed by atoms with Crippen LogP contribution in [0, 0.1) is 11.8 Å². The molecule has 1 aromatic carbocycles. The largest absolute Gasteiger partial charge is 0.392 e. The van der Waals surface area contributed by atoms with Gasteiger partial charge in [0, 0.05) is 5.92 Å². The summed E-state index contributed by atoms with van der Waals surface area (Å²) in [6.45, 7) is 8.94. The van der Waals surface area contributed by atoms with Gasteiger partial charge in [-0.25, -0.2) is 0 Å². The van der Waals surface area contributed by atoms with Crippen molar-refractivity contribution in [2.75, 3.05) is 0 Å². The molecular formula is C18H30O. The van der Waals surface area contributed by atoms with E-state index in [2.05, 4.69) is 52.0 Å². The van der Waals surface area contributed by atoms with Crippen molar-refractivity contribution in [3.63, 3.8) is 0 Å². The molecule has 0 spiro atoms. The molecule has 0 aliphatic carbocycles. The fraction of sp³-hybridized carbons (Fsp3) is 0.667. The van der Waals surface area contributed by atoms with Crippen LogP contribution in [0.3, 0.4) is 0 Å². The van der Waals surface area contributed by atoms with Gasteiger partial charge < -0.3 is 5.11 Å². The van der Waals surface area contributed by atoms with Crippen molar-refractivity contribution in [3.8, 4) is 0 Å². The quantitative estimate of drug-likeness (QED) is 0.698. The molecule has 0 saturated heterocycles. The Bertz CT molecular complexity index is 333. The van der Waals surface area contributed by atoms with Gasteiger partial charge in [0.25, 0.3) is 0 Å². The van der Waals surface area contributed by atoms with Gasteiger partial charge in [-0.2, -0.15) is 0 Å². The lowest BCUT2D eigenvalue weighted by Gasteiger charge is -2.30. The van der Waals surface area contributed by atoms with Crippen LogP contribution in [0.1, 0.15) is 64.9 Å². The summed E-state index contributed by atoms with van der Waals surface area (Å²) in [5, 5.41) is 10.7. The van der Waals surface area contributed by atoms with Crippen molar-refractivity contribution in [3.05, 3.63) is 35.9 Å². The maximum Gasteiger partial charge on any atom is 0.0613 e. The average Bonchev–Trinajstić information content (AvgIpc) is 2.40. The van der Waals surface area contributed by atoms with Crippen LogP contribution >= 0.6 is 0 Å². The lowest BCUT2D eigenvalue weighted by atomic mass is 9.78. The third-order valence-electron chi connectivity index (χ3n) is 4.28. The predicted octanol–water partition coefficient (Wildman–Crippen LogP) is 5.00. The van der Waals surface area contributed by atoms with E-state index in [0.29, 0.717) is 11.8 Å². The first-order valence-electron chi connectivity index (χ1n) is 7.83. The first-order chi connectivity index (χ1) is 9.10. The number of aliphatic hydroxyl groups is 1. The minimum Gasteiger partial charge on any atom is -0.392 e. The molecule has 0 aromatic heterocycles. The number of rotatable bonds is 8. The third kappa shape index (κ3) is 4.99. The van der Waals surface area contributed by atoms with Gasteiger partial charge in [0.05, 0.1) is 6.10 Å². The fourth-order valence-corrected chi connectivity index (χ4v) is 3.03. The number of hydrogen-bond donors (Lipinski definition) is 1. The Hall–Kier alpha value is -0.820. The molecule has 0 amide bonds. The zero-order valence-corrected chi connectivity index (χ0v) is 13.0. The summed E-state index contributed by atoms with van der Waals surface area (Å²) in [5.74, 6) is 1.40. The molecule has 108 valence electrons. The van der Waals surface area contributed by atoms with Crippen LogP contribution in [0.2, 0.25) is 0 Å². The van der Waals surface area contributed by atoms with Gasteiger partial charge in [0.2, 0.25) is 0 Å². The second-order valence-corrected chi connectivity index (χ2v) is 6.02. The van der Waals surface area contributed by atoms with Gasteiger partial charge in [-0.15, -0.1) is 0 Å². The Morgan fingerprint density at radius 1 is 1.05 bits per heavy atom. The van der Waals surface area contributed by atoms with Gasteiger partial charge in [-0.3, -0.25) is 0 Å². The SMILES string of the molecule is CCCC(C)CC(O)C(c1ccccc1)C(C)CC. The molecular weight excluding hydrogens is 232 g/mol. The highest BCUT2D eigenvalue weighted by molar-refractivity contribution is 5.21. The molecule has 1 N–H and O–H groups in total. The number of hydrogen-bond acceptors (Lipinski definition) is 1. The van der Waals surface area contributed by atoms with E-state index >= 15 is 0 Å². The van der Waals surface area contributed by atoms with Crippen LogP contribution in [0.5, 0.6) is 0 Å². The predicted molar refractivity (Wildman–Crippen MR) is 83.3 cm³/mol. The molecule has 1 nitrogen and oxygen atoms in total. The molecule has 0 radical (unpaired) electrons. The van der Waals surface area contributed by atoms with E-state index in [4.69, 9.17) is 0 Å². The summed E-state index contributed by atoms with van der Waals surface area (Å²) in [7, 11) is 0. The summed E-state index contributed by atoms with van der Waals surface area (Å²) in [4.78, 5) is 0. The monoisotopic (exact) mass is 262 g/mol. The van der Waals surface area contributed by atoms with Gasteiger partial charge in [0.15, 0.2) is 0 Å². The highest BCUT2D eigenvalue weighted by atomic mass is 16.3. The molecule has 1 rings (SSSR count). The molecule has 0 heterocycles. The van der Waals surface area contributed by atoms with Gasteiger partial charge >= 0.3 is 0 Å². The minimum atomic E-state index is -0.223. The average molecular weight is 262 g/mol. The van der Waals surface area contributed by atoms with E-state index < -0.39 is 0 Å². The highest BCUT2D eigenvalue weighted by Gasteiger charge is 2.26. The smallest absolute Gasteiger partial charge is 0.0613 e. The molecule has 1 heteroatoms. The van der Waals surface area contributed by atoms with Crippen molar-refractivity contribution in [1.29, 1.82) is 0 Å². The molecule has 0 aliphatic rings. The summed E-state index contributed by atoms with van der Waals surface area (Å²) in [6.07, 6.45) is 4.21. The summed E-state index contributed by atoms with van der Waals surface area (Å²) in [6, 6.07) is 10.5. The third-order valence-corrected chi connectivity index (χ3v) is 4.28. The van der Waals surface area contributed by atoms with Crippen LogP contribution in [-0.4, -0.2) is 11.2 Å². The molecule has 0 saturated carbocycles. The maximum atomic E-state index is 10.7. The fourth-order valence-electron chi connectivity index (χ4n) is 3.03. The maximum absolute atomic E-state index is 10.7. The van der Waals surface area contributed by atoms with E-state index in [0.717, 1.165) is 12.8 Å². The standard InChI is InChI=1S/C18H30O/c1-5-10-14(3)13-17(19)18(15(4)6-2)16-11-8-7-9-12-16/h7-9,11-12,14-15,17-19H,5-6,10,13H2,1-4H3. The van der Waals surface area contributed by atoms with E-state index in [9.17, 15) is 5.11 Å². The first kappa shape index (κ1) is 16.2. The topological polar surface area (TPSA) is 20.2 Å². The Morgan fingerprint density at radius 2 is 1.68 bits per heavy atom. The van der Waals surface area contributed by atoms with Crippen LogP contribution in [0.25, 0.3) is 0 Å². The van der Waals surface area contributed by atoms with E-state index in [-0.39, 0.29) is 12.0 Å². The van der Waals surface area contributed by atoms with E-state index in [1.165, 1.54) is 18.4 Å². The van der Waals surface area contributed by atoms with E-state index in [1.807, 2.05) is 6.07 Å². The second kappa shape index (κ2) is 8.37. The van der Waals surface area contributed by atoms with Crippen LogP contribution in [0.15, 0.2) is 30.3 Å². The van der Waals surface area contributed by atoms with Gasteiger partial charge in [0.1, 0.15) is 0 Å². The van der Waals surface area contributed by atoms with E-state index in [1.54, 1.807) is 0 Å². The number of aliphatic hydroxyl groups excluding tert-OH is 1. The zero-order chi connectivity index (χ0) is 14.3. The highest BCUT2D eigenvalue weighted by Crippen LogP contribution is 2.33. The lowest BCUT2D eigenvalue weighted by molar-refractivity contribution is 0.0920. The molecule has 0 fully saturated rings. The van der Waals surface area contributed by atoms with Crippen LogP contribution in [-0.2, 0) is 0 Å². The van der Waals surface area contributed by atoms with Crippen molar-refractivity contribution in [2.45, 2.75) is 65.4 Å². The molecule has 0 bridgehead atoms. The normalized spacial score (nSPS) is 17.7. The van der Waals surface area contributed by atoms with Crippen molar-refractivity contribution in [2.24, 2.45) is 11.8 Å². The van der Waals surface area contributed by atoms with Gasteiger partial charge in [-0.05, 0) is 23.8 Å². The van der Waals surface area contributed by atoms with Crippen molar-refractivity contribution in [1.82, 2.24) is 0 Å². The minimum absolute atomic E-state index is 0.223. The second-order valence-electron chi connectivity index (χ2n) is 6.02. The first-order valence-corrected chi connectivity index (χ1v) is 7.83. The molecule has 19 heavy (non-hydrogen) atoms. The number of benzene rings is 1. The van der Waals surface area contributed by atoms with Gasteiger partial charge in [-0.1, -0.05) is 77.3 Å². The molecule has 4 atom stereocenters. The van der Waals surface area contributed by atoms with Crippen LogP contribution in [0.4, 0.5) is 0 Å². The Labute approximate surface area is 119 Å². The molecule has 1 aromatic rings. The Kier molecular flexibility index (Phi) is 7.15. The molecule has 4 unspecified atom stereocenters. The Morgan fingerprint density at radius 3 is 2.21 bits per heavy atom. The summed E-state index contributed by atoms with van der Waals surface area (Å²) >= 11 is 0. The lowest BCUT2D eigenvalue weighted by Crippen LogP contribution is -2.26. The zero-order valence-electron chi connectivity index (χ0n) is 13.0. The van der Waals surface area contributed by atoms with Crippen molar-refractivity contribution >= 4 is 0 Å². The van der Waals surface area contributed by atoms with Crippen molar-refractivity contribution < 1.29 is 5.11 Å². The molecule has 0 aliphatic heterocycles. The Balaban J connectivity index is 2.80. The van der Waals surface area contributed by atoms with Crippen LogP contribution < -0.4 is 0 Å². The summed E-state index contributed by atoms with van der Waals surface area (Å²) < 4.78 is 0.